The first-order valence-corrected chi connectivity index (χ1v) is 5.70. The molecule has 1 aromatic heterocycles. The Hall–Kier alpha value is -1.65. The van der Waals surface area contributed by atoms with E-state index in [0.717, 1.165) is 18.4 Å². The molecule has 0 aromatic carbocycles. The van der Waals surface area contributed by atoms with Gasteiger partial charge in [0.1, 0.15) is 6.20 Å². The zero-order valence-corrected chi connectivity index (χ0v) is 10.3. The van der Waals surface area contributed by atoms with Crippen LogP contribution in [-0.2, 0) is 5.41 Å². The number of hydrogen-bond acceptors (Lipinski definition) is 4. The molecule has 0 radical (unpaired) electrons. The molecule has 1 saturated carbocycles. The van der Waals surface area contributed by atoms with Gasteiger partial charge in [0.15, 0.2) is 0 Å². The first kappa shape index (κ1) is 11.8. The summed E-state index contributed by atoms with van der Waals surface area (Å²) in [6, 6.07) is 1.80. The van der Waals surface area contributed by atoms with Gasteiger partial charge in [-0.2, -0.15) is 0 Å². The molecule has 0 N–H and O–H groups in total. The van der Waals surface area contributed by atoms with Crippen LogP contribution in [0.2, 0.25) is 0 Å². The van der Waals surface area contributed by atoms with E-state index in [2.05, 4.69) is 4.98 Å². The van der Waals surface area contributed by atoms with Crippen molar-refractivity contribution in [2.45, 2.75) is 45.1 Å². The van der Waals surface area contributed by atoms with Crippen LogP contribution in [-0.4, -0.2) is 16.0 Å². The predicted octanol–water partition coefficient (Wildman–Crippen LogP) is 2.83. The molecule has 17 heavy (non-hydrogen) atoms. The summed E-state index contributed by atoms with van der Waals surface area (Å²) in [6.45, 7) is 6.02. The molecule has 1 fully saturated rings. The van der Waals surface area contributed by atoms with Crippen molar-refractivity contribution in [3.63, 3.8) is 0 Å². The normalized spacial score (nSPS) is 15.7. The van der Waals surface area contributed by atoms with Gasteiger partial charge in [0, 0.05) is 5.56 Å². The largest absolute Gasteiger partial charge is 0.482 e. The third kappa shape index (κ3) is 2.54. The van der Waals surface area contributed by atoms with E-state index in [4.69, 9.17) is 4.74 Å². The van der Waals surface area contributed by atoms with Gasteiger partial charge in [-0.25, -0.2) is 0 Å². The highest BCUT2D eigenvalue weighted by atomic mass is 16.6. The summed E-state index contributed by atoms with van der Waals surface area (Å²) in [5.74, 6) is 0.164. The van der Waals surface area contributed by atoms with Gasteiger partial charge in [0.2, 0.25) is 5.75 Å². The predicted molar refractivity (Wildman–Crippen MR) is 63.2 cm³/mol. The average Bonchev–Trinajstić information content (AvgIpc) is 3.00. The number of nitrogens with zero attached hydrogens (tertiary/aromatic N) is 2. The standard InChI is InChI=1S/C12H16N2O3/c1-12(2,3)9-6-7-13-11(14(15)16)10(9)17-8-4-5-8/h6-8H,4-5H2,1-3H3. The number of aromatic nitrogens is 1. The minimum atomic E-state index is -0.479. The van der Waals surface area contributed by atoms with E-state index in [1.54, 1.807) is 6.07 Å². The maximum atomic E-state index is 11.0. The molecule has 0 atom stereocenters. The van der Waals surface area contributed by atoms with Crippen molar-refractivity contribution in [1.82, 2.24) is 4.98 Å². The number of pyridine rings is 1. The highest BCUT2D eigenvalue weighted by Gasteiger charge is 2.33. The Bertz CT molecular complexity index is 448. The number of hydrogen-bond donors (Lipinski definition) is 0. The van der Waals surface area contributed by atoms with Crippen molar-refractivity contribution >= 4 is 5.82 Å². The van der Waals surface area contributed by atoms with E-state index in [-0.39, 0.29) is 17.3 Å². The number of nitro groups is 1. The molecule has 1 aliphatic carbocycles. The number of rotatable bonds is 3. The lowest BCUT2D eigenvalue weighted by atomic mass is 9.87. The van der Waals surface area contributed by atoms with Crippen LogP contribution in [0.15, 0.2) is 12.3 Å². The maximum Gasteiger partial charge on any atom is 0.406 e. The summed E-state index contributed by atoms with van der Waals surface area (Å²) in [6.07, 6.45) is 3.53. The fraction of sp³-hybridized carbons (Fsp3) is 0.583. The van der Waals surface area contributed by atoms with Gasteiger partial charge in [-0.15, -0.1) is 0 Å². The summed E-state index contributed by atoms with van der Waals surface area (Å²) < 4.78 is 5.67. The molecule has 5 nitrogen and oxygen atoms in total. The Morgan fingerprint density at radius 2 is 2.12 bits per heavy atom. The smallest absolute Gasteiger partial charge is 0.406 e. The Kier molecular flexibility index (Phi) is 2.77. The Morgan fingerprint density at radius 3 is 2.59 bits per heavy atom. The summed E-state index contributed by atoms with van der Waals surface area (Å²) in [5.41, 5.74) is 0.642. The zero-order valence-electron chi connectivity index (χ0n) is 10.3. The van der Waals surface area contributed by atoms with Crippen molar-refractivity contribution in [3.05, 3.63) is 27.9 Å². The van der Waals surface area contributed by atoms with Crippen LogP contribution in [0.5, 0.6) is 5.75 Å². The summed E-state index contributed by atoms with van der Waals surface area (Å²) in [4.78, 5) is 14.3. The highest BCUT2D eigenvalue weighted by Crippen LogP contribution is 2.39. The topological polar surface area (TPSA) is 65.3 Å². The molecule has 0 bridgehead atoms. The van der Waals surface area contributed by atoms with Crippen molar-refractivity contribution in [1.29, 1.82) is 0 Å². The fourth-order valence-electron chi connectivity index (χ4n) is 1.63. The molecule has 92 valence electrons. The SMILES string of the molecule is CC(C)(C)c1ccnc([N+](=O)[O-])c1OC1CC1. The molecule has 0 saturated heterocycles. The Morgan fingerprint density at radius 1 is 1.47 bits per heavy atom. The van der Waals surface area contributed by atoms with Crippen molar-refractivity contribution < 1.29 is 9.66 Å². The second kappa shape index (κ2) is 3.98. The lowest BCUT2D eigenvalue weighted by molar-refractivity contribution is -0.390. The van der Waals surface area contributed by atoms with Crippen LogP contribution in [0.1, 0.15) is 39.2 Å². The summed E-state index contributed by atoms with van der Waals surface area (Å²) in [5, 5.41) is 11.0. The molecule has 5 heteroatoms. The second-order valence-corrected chi connectivity index (χ2v) is 5.34. The van der Waals surface area contributed by atoms with Crippen LogP contribution in [0.3, 0.4) is 0 Å². The molecule has 1 aromatic rings. The summed E-state index contributed by atoms with van der Waals surface area (Å²) >= 11 is 0. The van der Waals surface area contributed by atoms with Crippen molar-refractivity contribution in [2.75, 3.05) is 0 Å². The monoisotopic (exact) mass is 236 g/mol. The van der Waals surface area contributed by atoms with Crippen LogP contribution >= 0.6 is 0 Å². The maximum absolute atomic E-state index is 11.0. The quantitative estimate of drug-likeness (QED) is 0.598. The molecule has 0 aliphatic heterocycles. The molecule has 0 amide bonds. The minimum absolute atomic E-state index is 0.124. The second-order valence-electron chi connectivity index (χ2n) is 5.34. The fourth-order valence-corrected chi connectivity index (χ4v) is 1.63. The Labute approximate surface area is 100.0 Å². The highest BCUT2D eigenvalue weighted by molar-refractivity contribution is 5.49. The zero-order chi connectivity index (χ0) is 12.6. The lowest BCUT2D eigenvalue weighted by Gasteiger charge is -2.21. The van der Waals surface area contributed by atoms with E-state index in [1.807, 2.05) is 20.8 Å². The molecule has 1 heterocycles. The molecule has 0 unspecified atom stereocenters. The molecule has 2 rings (SSSR count). The molecule has 1 aliphatic rings. The van der Waals surface area contributed by atoms with Gasteiger partial charge >= 0.3 is 5.82 Å². The van der Waals surface area contributed by atoms with E-state index in [0.29, 0.717) is 5.75 Å². The van der Waals surface area contributed by atoms with Crippen molar-refractivity contribution in [3.8, 4) is 5.75 Å². The van der Waals surface area contributed by atoms with E-state index in [1.165, 1.54) is 6.20 Å². The van der Waals surface area contributed by atoms with Crippen molar-refractivity contribution in [2.24, 2.45) is 0 Å². The summed E-state index contributed by atoms with van der Waals surface area (Å²) in [7, 11) is 0. The van der Waals surface area contributed by atoms with Gasteiger partial charge in [-0.3, -0.25) is 0 Å². The van der Waals surface area contributed by atoms with Crippen LogP contribution in [0, 0.1) is 10.1 Å². The molecular weight excluding hydrogens is 220 g/mol. The van der Waals surface area contributed by atoms with Gasteiger partial charge < -0.3 is 14.9 Å². The minimum Gasteiger partial charge on any atom is -0.482 e. The lowest BCUT2D eigenvalue weighted by Crippen LogP contribution is -2.15. The van der Waals surface area contributed by atoms with Crippen LogP contribution < -0.4 is 4.74 Å². The van der Waals surface area contributed by atoms with E-state index < -0.39 is 4.92 Å². The van der Waals surface area contributed by atoms with E-state index >= 15 is 0 Å². The number of ether oxygens (including phenoxy) is 1. The van der Waals surface area contributed by atoms with Gasteiger partial charge in [0.05, 0.1) is 6.10 Å². The first-order valence-electron chi connectivity index (χ1n) is 5.70. The first-order chi connectivity index (χ1) is 7.89. The molecule has 0 spiro atoms. The average molecular weight is 236 g/mol. The van der Waals surface area contributed by atoms with Gasteiger partial charge in [-0.05, 0) is 34.2 Å². The third-order valence-corrected chi connectivity index (χ3v) is 2.68. The Balaban J connectivity index is 2.49. The van der Waals surface area contributed by atoms with Crippen LogP contribution in [0.4, 0.5) is 5.82 Å². The third-order valence-electron chi connectivity index (χ3n) is 2.68. The van der Waals surface area contributed by atoms with Crippen LogP contribution in [0.25, 0.3) is 0 Å². The van der Waals surface area contributed by atoms with Gasteiger partial charge in [0.25, 0.3) is 0 Å². The van der Waals surface area contributed by atoms with E-state index in [9.17, 15) is 10.1 Å². The van der Waals surface area contributed by atoms with Gasteiger partial charge in [-0.1, -0.05) is 20.8 Å². The molecular formula is C12H16N2O3.